The van der Waals surface area contributed by atoms with Crippen LogP contribution >= 0.6 is 39.1 Å². The predicted octanol–water partition coefficient (Wildman–Crippen LogP) is 5.37. The number of benzene rings is 2. The fourth-order valence-electron chi connectivity index (χ4n) is 1.61. The van der Waals surface area contributed by atoms with Crippen molar-refractivity contribution in [2.75, 3.05) is 7.11 Å². The highest BCUT2D eigenvalue weighted by molar-refractivity contribution is 9.10. The summed E-state index contributed by atoms with van der Waals surface area (Å²) in [5, 5.41) is 0.737. The van der Waals surface area contributed by atoms with Crippen molar-refractivity contribution in [3.8, 4) is 17.2 Å². The zero-order valence-corrected chi connectivity index (χ0v) is 13.4. The molecule has 3 nitrogen and oxygen atoms in total. The molecule has 0 atom stereocenters. The number of hydrogen-bond acceptors (Lipinski definition) is 3. The number of halogens is 3. The highest BCUT2D eigenvalue weighted by Gasteiger charge is 2.11. The quantitative estimate of drug-likeness (QED) is 0.674. The molecule has 0 fully saturated rings. The minimum Gasteiger partial charge on any atom is -0.496 e. The van der Waals surface area contributed by atoms with E-state index in [9.17, 15) is 4.79 Å². The summed E-state index contributed by atoms with van der Waals surface area (Å²) in [6.07, 6.45) is 0.691. The minimum atomic E-state index is 0.332. The van der Waals surface area contributed by atoms with Crippen molar-refractivity contribution in [3.05, 3.63) is 50.4 Å². The van der Waals surface area contributed by atoms with E-state index in [1.165, 1.54) is 7.11 Å². The molecule has 0 bridgehead atoms. The summed E-state index contributed by atoms with van der Waals surface area (Å²) in [6, 6.07) is 8.21. The third-order valence-corrected chi connectivity index (χ3v) is 3.53. The van der Waals surface area contributed by atoms with Crippen molar-refractivity contribution in [1.82, 2.24) is 0 Å². The summed E-state index contributed by atoms with van der Waals surface area (Å²) in [7, 11) is 1.49. The monoisotopic (exact) mass is 374 g/mol. The van der Waals surface area contributed by atoms with E-state index in [0.717, 1.165) is 4.47 Å². The second-order valence-electron chi connectivity index (χ2n) is 3.82. The Balaban J connectivity index is 2.38. The highest BCUT2D eigenvalue weighted by Crippen LogP contribution is 2.39. The second-order valence-corrected chi connectivity index (χ2v) is 5.55. The molecule has 0 spiro atoms. The summed E-state index contributed by atoms with van der Waals surface area (Å²) in [6.45, 7) is 0. The standard InChI is InChI=1S/C14H9BrCl2O3/c1-19-13-3-2-10(4-8(13)7-18)20-14-11(16)5-9(15)6-12(14)17/h2-7H,1H3. The fraction of sp³-hybridized carbons (Fsp3) is 0.0714. The molecule has 2 aromatic rings. The lowest BCUT2D eigenvalue weighted by atomic mass is 10.2. The van der Waals surface area contributed by atoms with Gasteiger partial charge in [-0.15, -0.1) is 0 Å². The van der Waals surface area contributed by atoms with Crippen molar-refractivity contribution in [1.29, 1.82) is 0 Å². The fourth-order valence-corrected chi connectivity index (χ4v) is 2.90. The topological polar surface area (TPSA) is 35.5 Å². The molecule has 2 rings (SSSR count). The van der Waals surface area contributed by atoms with E-state index in [-0.39, 0.29) is 0 Å². The molecular weight excluding hydrogens is 367 g/mol. The van der Waals surface area contributed by atoms with Crippen molar-refractivity contribution in [3.63, 3.8) is 0 Å². The Hall–Kier alpha value is -1.23. The first kappa shape index (κ1) is 15.2. The van der Waals surface area contributed by atoms with Crippen LogP contribution < -0.4 is 9.47 Å². The third-order valence-electron chi connectivity index (χ3n) is 2.51. The smallest absolute Gasteiger partial charge is 0.164 e. The SMILES string of the molecule is COc1ccc(Oc2c(Cl)cc(Br)cc2Cl)cc1C=O. The Morgan fingerprint density at radius 2 is 1.80 bits per heavy atom. The molecule has 2 aromatic carbocycles. The van der Waals surface area contributed by atoms with Gasteiger partial charge in [-0.2, -0.15) is 0 Å². The van der Waals surface area contributed by atoms with Crippen LogP contribution in [0.3, 0.4) is 0 Å². The van der Waals surface area contributed by atoms with Crippen LogP contribution in [0.15, 0.2) is 34.8 Å². The molecule has 0 aromatic heterocycles. The molecule has 0 radical (unpaired) electrons. The van der Waals surface area contributed by atoms with Crippen LogP contribution in [0.4, 0.5) is 0 Å². The zero-order valence-electron chi connectivity index (χ0n) is 10.3. The lowest BCUT2D eigenvalue weighted by molar-refractivity contribution is 0.112. The molecule has 6 heteroatoms. The van der Waals surface area contributed by atoms with Gasteiger partial charge in [0.25, 0.3) is 0 Å². The maximum absolute atomic E-state index is 11.0. The Morgan fingerprint density at radius 3 is 2.35 bits per heavy atom. The van der Waals surface area contributed by atoms with Gasteiger partial charge in [0.2, 0.25) is 0 Å². The number of ether oxygens (including phenoxy) is 2. The first-order chi connectivity index (χ1) is 9.55. The first-order valence-electron chi connectivity index (χ1n) is 5.50. The number of methoxy groups -OCH3 is 1. The van der Waals surface area contributed by atoms with Crippen LogP contribution in [0.2, 0.25) is 10.0 Å². The number of aldehydes is 1. The molecule has 0 heterocycles. The molecule has 0 aliphatic carbocycles. The summed E-state index contributed by atoms with van der Waals surface area (Å²) in [5.74, 6) is 1.25. The number of carbonyl (C=O) groups is 1. The molecule has 0 amide bonds. The molecule has 0 unspecified atom stereocenters. The van der Waals surface area contributed by atoms with E-state index in [2.05, 4.69) is 15.9 Å². The average molecular weight is 376 g/mol. The van der Waals surface area contributed by atoms with Gasteiger partial charge in [-0.05, 0) is 30.3 Å². The summed E-state index contributed by atoms with van der Waals surface area (Å²) >= 11 is 15.5. The number of rotatable bonds is 4. The maximum atomic E-state index is 11.0. The van der Waals surface area contributed by atoms with Gasteiger partial charge in [-0.1, -0.05) is 39.1 Å². The van der Waals surface area contributed by atoms with Crippen LogP contribution in [0, 0.1) is 0 Å². The van der Waals surface area contributed by atoms with Gasteiger partial charge in [-0.25, -0.2) is 0 Å². The largest absolute Gasteiger partial charge is 0.496 e. The van der Waals surface area contributed by atoms with E-state index < -0.39 is 0 Å². The Morgan fingerprint density at radius 1 is 1.15 bits per heavy atom. The molecular formula is C14H9BrCl2O3. The molecule has 0 saturated heterocycles. The number of hydrogen-bond donors (Lipinski definition) is 0. The van der Waals surface area contributed by atoms with Gasteiger partial charge in [0.05, 0.1) is 22.7 Å². The third kappa shape index (κ3) is 3.26. The van der Waals surface area contributed by atoms with Crippen molar-refractivity contribution in [2.24, 2.45) is 0 Å². The van der Waals surface area contributed by atoms with Crippen LogP contribution in [-0.4, -0.2) is 13.4 Å². The Bertz CT molecular complexity index is 636. The lowest BCUT2D eigenvalue weighted by Crippen LogP contribution is -1.93. The van der Waals surface area contributed by atoms with Crippen molar-refractivity contribution < 1.29 is 14.3 Å². The van der Waals surface area contributed by atoms with Gasteiger partial charge >= 0.3 is 0 Å². The van der Waals surface area contributed by atoms with Gasteiger partial charge < -0.3 is 9.47 Å². The average Bonchev–Trinajstić information content (AvgIpc) is 2.42. The van der Waals surface area contributed by atoms with Crippen molar-refractivity contribution in [2.45, 2.75) is 0 Å². The van der Waals surface area contributed by atoms with E-state index in [1.54, 1.807) is 30.3 Å². The zero-order chi connectivity index (χ0) is 14.7. The maximum Gasteiger partial charge on any atom is 0.164 e. The van der Waals surface area contributed by atoms with Gasteiger partial charge in [-0.3, -0.25) is 4.79 Å². The number of carbonyl (C=O) groups excluding carboxylic acids is 1. The van der Waals surface area contributed by atoms with Crippen LogP contribution in [0.1, 0.15) is 10.4 Å². The Labute approximate surface area is 134 Å². The van der Waals surface area contributed by atoms with E-state index >= 15 is 0 Å². The molecule has 20 heavy (non-hydrogen) atoms. The minimum absolute atomic E-state index is 0.332. The second kappa shape index (κ2) is 6.48. The lowest BCUT2D eigenvalue weighted by Gasteiger charge is -2.11. The van der Waals surface area contributed by atoms with Crippen LogP contribution in [0.25, 0.3) is 0 Å². The molecule has 104 valence electrons. The van der Waals surface area contributed by atoms with E-state index in [0.29, 0.717) is 39.1 Å². The normalized spacial score (nSPS) is 10.2. The van der Waals surface area contributed by atoms with Crippen LogP contribution in [0.5, 0.6) is 17.2 Å². The van der Waals surface area contributed by atoms with Gasteiger partial charge in [0, 0.05) is 4.47 Å². The molecule has 0 N–H and O–H groups in total. The van der Waals surface area contributed by atoms with Crippen molar-refractivity contribution >= 4 is 45.4 Å². The summed E-state index contributed by atoms with van der Waals surface area (Å²) < 4.78 is 11.5. The Kier molecular flexibility index (Phi) is 4.91. The van der Waals surface area contributed by atoms with E-state index in [1.807, 2.05) is 0 Å². The summed E-state index contributed by atoms with van der Waals surface area (Å²) in [4.78, 5) is 11.0. The van der Waals surface area contributed by atoms with E-state index in [4.69, 9.17) is 32.7 Å². The highest BCUT2D eigenvalue weighted by atomic mass is 79.9. The molecule has 0 aliphatic rings. The molecule has 0 saturated carbocycles. The van der Waals surface area contributed by atoms with Gasteiger partial charge in [0.1, 0.15) is 11.5 Å². The van der Waals surface area contributed by atoms with Crippen LogP contribution in [-0.2, 0) is 0 Å². The summed E-state index contributed by atoms with van der Waals surface area (Å²) in [5.41, 5.74) is 0.384. The molecule has 0 aliphatic heterocycles. The predicted molar refractivity (Wildman–Crippen MR) is 82.6 cm³/mol. The van der Waals surface area contributed by atoms with Gasteiger partial charge in [0.15, 0.2) is 12.0 Å². The first-order valence-corrected chi connectivity index (χ1v) is 7.05.